The zero-order valence-electron chi connectivity index (χ0n) is 15.9. The molecule has 0 aliphatic heterocycles. The van der Waals surface area contributed by atoms with E-state index in [2.05, 4.69) is 0 Å². The van der Waals surface area contributed by atoms with Crippen molar-refractivity contribution in [2.24, 2.45) is 0 Å². The number of carbonyl (C=O) groups is 4. The molecular formula is C16H28N2O10. The summed E-state index contributed by atoms with van der Waals surface area (Å²) >= 11 is 0. The number of carboxylic acids is 4. The molecular weight excluding hydrogens is 380 g/mol. The monoisotopic (exact) mass is 408 g/mol. The molecule has 0 aliphatic carbocycles. The lowest BCUT2D eigenvalue weighted by atomic mass is 10.1. The highest BCUT2D eigenvalue weighted by molar-refractivity contribution is 5.81. The normalized spacial score (nSPS) is 13.4. The van der Waals surface area contributed by atoms with Gasteiger partial charge in [0.15, 0.2) is 0 Å². The van der Waals surface area contributed by atoms with Crippen LogP contribution in [0.3, 0.4) is 0 Å². The minimum absolute atomic E-state index is 0.000714. The molecule has 2 atom stereocenters. The molecule has 12 heteroatoms. The van der Waals surface area contributed by atoms with Crippen molar-refractivity contribution in [2.45, 2.75) is 24.9 Å². The lowest BCUT2D eigenvalue weighted by Gasteiger charge is -2.33. The lowest BCUT2D eigenvalue weighted by Crippen LogP contribution is -2.51. The largest absolute Gasteiger partial charge is 0.481 e. The maximum Gasteiger partial charge on any atom is 0.321 e. The molecule has 0 aliphatic rings. The van der Waals surface area contributed by atoms with Gasteiger partial charge in [0.05, 0.1) is 26.1 Å². The third-order valence-corrected chi connectivity index (χ3v) is 4.03. The highest BCUT2D eigenvalue weighted by Crippen LogP contribution is 2.10. The molecule has 0 unspecified atom stereocenters. The van der Waals surface area contributed by atoms with Crippen LogP contribution in [0.1, 0.15) is 12.8 Å². The predicted molar refractivity (Wildman–Crippen MR) is 94.3 cm³/mol. The van der Waals surface area contributed by atoms with Crippen molar-refractivity contribution in [3.8, 4) is 0 Å². The minimum Gasteiger partial charge on any atom is -0.481 e. The standard InChI is InChI=1S/C16H28N2O10/c1-27-7-5-17(11(15(23)24)9-13(19)20)3-4-18(6-8-28-2)12(16(25)26)10-14(21)22/h11-12H,3-10H2,1-2H3,(H,19,20)(H,21,22)(H,23,24)(H,25,26)/t11-,12-/m0/s1. The van der Waals surface area contributed by atoms with Gasteiger partial charge >= 0.3 is 23.9 Å². The smallest absolute Gasteiger partial charge is 0.321 e. The molecule has 0 spiro atoms. The molecule has 28 heavy (non-hydrogen) atoms. The topological polar surface area (TPSA) is 174 Å². The van der Waals surface area contributed by atoms with Crippen LogP contribution in [-0.2, 0) is 28.7 Å². The van der Waals surface area contributed by atoms with Crippen LogP contribution in [0.5, 0.6) is 0 Å². The Bertz CT molecular complexity index is 482. The minimum atomic E-state index is -1.33. The Morgan fingerprint density at radius 3 is 1.21 bits per heavy atom. The third kappa shape index (κ3) is 10.2. The number of nitrogens with zero attached hydrogens (tertiary/aromatic N) is 2. The van der Waals surface area contributed by atoms with Gasteiger partial charge < -0.3 is 29.9 Å². The summed E-state index contributed by atoms with van der Waals surface area (Å²) in [4.78, 5) is 47.7. The zero-order valence-corrected chi connectivity index (χ0v) is 15.9. The molecule has 0 amide bonds. The van der Waals surface area contributed by atoms with Crippen molar-refractivity contribution >= 4 is 23.9 Å². The summed E-state index contributed by atoms with van der Waals surface area (Å²) in [6.45, 7) is 0.490. The molecule has 0 aromatic carbocycles. The highest BCUT2D eigenvalue weighted by atomic mass is 16.5. The second-order valence-electron chi connectivity index (χ2n) is 5.96. The van der Waals surface area contributed by atoms with Crippen LogP contribution in [0.15, 0.2) is 0 Å². The third-order valence-electron chi connectivity index (χ3n) is 4.03. The van der Waals surface area contributed by atoms with E-state index in [4.69, 9.17) is 19.7 Å². The summed E-state index contributed by atoms with van der Waals surface area (Å²) < 4.78 is 9.86. The van der Waals surface area contributed by atoms with Crippen LogP contribution in [0.4, 0.5) is 0 Å². The van der Waals surface area contributed by atoms with Gasteiger partial charge in [-0.3, -0.25) is 29.0 Å². The van der Waals surface area contributed by atoms with Gasteiger partial charge in [-0.15, -0.1) is 0 Å². The van der Waals surface area contributed by atoms with Crippen LogP contribution >= 0.6 is 0 Å². The first-order chi connectivity index (χ1) is 13.1. The number of aliphatic carboxylic acids is 4. The van der Waals surface area contributed by atoms with Crippen molar-refractivity contribution in [1.82, 2.24) is 9.80 Å². The number of rotatable bonds is 17. The number of carboxylic acid groups (broad SMARTS) is 4. The maximum atomic E-state index is 11.5. The molecule has 0 saturated carbocycles. The van der Waals surface area contributed by atoms with Crippen molar-refractivity contribution < 1.29 is 49.1 Å². The molecule has 4 N–H and O–H groups in total. The van der Waals surface area contributed by atoms with Crippen molar-refractivity contribution in [3.05, 3.63) is 0 Å². The molecule has 0 saturated heterocycles. The quantitative estimate of drug-likeness (QED) is 0.225. The Labute approximate surface area is 162 Å². The van der Waals surface area contributed by atoms with E-state index in [0.717, 1.165) is 0 Å². The number of hydrogen-bond acceptors (Lipinski definition) is 8. The van der Waals surface area contributed by atoms with Gasteiger partial charge in [-0.05, 0) is 0 Å². The average molecular weight is 408 g/mol. The first kappa shape index (κ1) is 25.7. The predicted octanol–water partition coefficient (Wildman–Crippen LogP) is -1.26. The van der Waals surface area contributed by atoms with Gasteiger partial charge in [0, 0.05) is 40.4 Å². The molecule has 0 aromatic rings. The summed E-state index contributed by atoms with van der Waals surface area (Å²) in [6, 6.07) is -2.67. The molecule has 12 nitrogen and oxygen atoms in total. The van der Waals surface area contributed by atoms with Crippen LogP contribution in [0, 0.1) is 0 Å². The molecule has 0 fully saturated rings. The van der Waals surface area contributed by atoms with E-state index in [-0.39, 0.29) is 39.4 Å². The zero-order chi connectivity index (χ0) is 21.7. The summed E-state index contributed by atoms with van der Waals surface area (Å²) in [5.41, 5.74) is 0. The molecule has 0 rings (SSSR count). The van der Waals surface area contributed by atoms with Crippen molar-refractivity contribution in [2.75, 3.05) is 53.6 Å². The van der Waals surface area contributed by atoms with E-state index in [1.807, 2.05) is 0 Å². The SMILES string of the molecule is COCCN(CCN(CCOC)[C@@H](CC(=O)O)C(=O)O)[C@@H](CC(=O)O)C(=O)O. The number of hydrogen-bond donors (Lipinski definition) is 4. The first-order valence-corrected chi connectivity index (χ1v) is 8.49. The van der Waals surface area contributed by atoms with Gasteiger partial charge in [0.2, 0.25) is 0 Å². The Morgan fingerprint density at radius 1 is 0.679 bits per heavy atom. The van der Waals surface area contributed by atoms with Gasteiger partial charge in [-0.25, -0.2) is 0 Å². The van der Waals surface area contributed by atoms with Gasteiger partial charge in [0.1, 0.15) is 12.1 Å². The summed E-state index contributed by atoms with van der Waals surface area (Å²) in [5.74, 6) is -5.25. The lowest BCUT2D eigenvalue weighted by molar-refractivity contribution is -0.151. The second-order valence-corrected chi connectivity index (χ2v) is 5.96. The van der Waals surface area contributed by atoms with E-state index >= 15 is 0 Å². The fourth-order valence-corrected chi connectivity index (χ4v) is 2.60. The van der Waals surface area contributed by atoms with Crippen LogP contribution in [0.2, 0.25) is 0 Å². The van der Waals surface area contributed by atoms with Crippen LogP contribution in [-0.4, -0.2) is 120 Å². The van der Waals surface area contributed by atoms with Crippen LogP contribution in [0.25, 0.3) is 0 Å². The van der Waals surface area contributed by atoms with Crippen molar-refractivity contribution in [3.63, 3.8) is 0 Å². The summed E-state index contributed by atoms with van der Waals surface area (Å²) in [6.07, 6.45) is -1.29. The molecule has 0 radical (unpaired) electrons. The van der Waals surface area contributed by atoms with E-state index in [0.29, 0.717) is 0 Å². The molecule has 0 aromatic heterocycles. The molecule has 0 bridgehead atoms. The maximum absolute atomic E-state index is 11.5. The summed E-state index contributed by atoms with van der Waals surface area (Å²) in [5, 5.41) is 36.7. The highest BCUT2D eigenvalue weighted by Gasteiger charge is 2.31. The van der Waals surface area contributed by atoms with E-state index < -0.39 is 48.8 Å². The van der Waals surface area contributed by atoms with Crippen molar-refractivity contribution in [1.29, 1.82) is 0 Å². The van der Waals surface area contributed by atoms with Gasteiger partial charge in [-0.2, -0.15) is 0 Å². The Balaban J connectivity index is 5.40. The summed E-state index contributed by atoms with van der Waals surface area (Å²) in [7, 11) is 2.81. The Kier molecular flexibility index (Phi) is 12.7. The van der Waals surface area contributed by atoms with E-state index in [1.54, 1.807) is 0 Å². The van der Waals surface area contributed by atoms with E-state index in [9.17, 15) is 29.4 Å². The van der Waals surface area contributed by atoms with Gasteiger partial charge in [0.25, 0.3) is 0 Å². The fourth-order valence-electron chi connectivity index (χ4n) is 2.60. The van der Waals surface area contributed by atoms with E-state index in [1.165, 1.54) is 24.0 Å². The first-order valence-electron chi connectivity index (χ1n) is 8.49. The molecule has 162 valence electrons. The fraction of sp³-hybridized carbons (Fsp3) is 0.750. The number of ether oxygens (including phenoxy) is 2. The Morgan fingerprint density at radius 2 is 1.00 bits per heavy atom. The Hall–Kier alpha value is -2.28. The van der Waals surface area contributed by atoms with Gasteiger partial charge in [-0.1, -0.05) is 0 Å². The molecule has 0 heterocycles. The number of methoxy groups -OCH3 is 2. The average Bonchev–Trinajstić information content (AvgIpc) is 2.60. The second kappa shape index (κ2) is 13.8. The van der Waals surface area contributed by atoms with Crippen LogP contribution < -0.4 is 0 Å².